The molecule has 2 aliphatic heterocycles. The summed E-state index contributed by atoms with van der Waals surface area (Å²) in [6.45, 7) is 0.728. The highest BCUT2D eigenvalue weighted by atomic mass is 16.6. The Kier molecular flexibility index (Phi) is 5.56. The number of amides is 1. The number of carbonyl (C=O) groups is 2. The zero-order chi connectivity index (χ0) is 25.9. The second-order valence-corrected chi connectivity index (χ2v) is 10.4. The van der Waals surface area contributed by atoms with Gasteiger partial charge in [0.15, 0.2) is 23.7 Å². The molecular weight excluding hydrogens is 476 g/mol. The average molecular weight is 507 g/mol. The molecule has 0 saturated carbocycles. The monoisotopic (exact) mass is 506 g/mol. The lowest BCUT2D eigenvalue weighted by Gasteiger charge is -2.61. The first-order valence-electron chi connectivity index (χ1n) is 12.6. The number of aromatic hydroxyl groups is 1. The van der Waals surface area contributed by atoms with Crippen LogP contribution in [0.2, 0.25) is 0 Å². The number of hydrogen-bond donors (Lipinski definition) is 4. The fourth-order valence-corrected chi connectivity index (χ4v) is 6.79. The van der Waals surface area contributed by atoms with Gasteiger partial charge in [-0.25, -0.2) is 0 Å². The maximum Gasteiger partial charge on any atom is 0.312 e. The number of phenols is 1. The van der Waals surface area contributed by atoms with E-state index in [-0.39, 0.29) is 24.8 Å². The normalized spacial score (nSPS) is 30.0. The van der Waals surface area contributed by atoms with Crippen molar-refractivity contribution in [2.75, 3.05) is 20.1 Å². The summed E-state index contributed by atoms with van der Waals surface area (Å²) in [4.78, 5) is 27.2. The molecule has 1 amide bonds. The summed E-state index contributed by atoms with van der Waals surface area (Å²) in [6.07, 6.45) is 1.06. The van der Waals surface area contributed by atoms with E-state index in [2.05, 4.69) is 10.2 Å². The summed E-state index contributed by atoms with van der Waals surface area (Å²) in [6, 6.07) is 11.9. The predicted molar refractivity (Wildman–Crippen MR) is 132 cm³/mol. The number of aliphatic hydroxyl groups is 2. The number of nitrogens with zero attached hydrogens (tertiary/aromatic N) is 1. The van der Waals surface area contributed by atoms with Gasteiger partial charge in [0, 0.05) is 24.6 Å². The van der Waals surface area contributed by atoms with Gasteiger partial charge in [-0.3, -0.25) is 9.59 Å². The van der Waals surface area contributed by atoms with Crippen LogP contribution < -0.4 is 10.1 Å². The predicted octanol–water partition coefficient (Wildman–Crippen LogP) is 1.45. The van der Waals surface area contributed by atoms with Gasteiger partial charge >= 0.3 is 5.97 Å². The van der Waals surface area contributed by atoms with Crippen molar-refractivity contribution >= 4 is 11.9 Å². The summed E-state index contributed by atoms with van der Waals surface area (Å²) in [5.74, 6) is -0.483. The van der Waals surface area contributed by atoms with Crippen molar-refractivity contribution in [1.82, 2.24) is 10.2 Å². The second-order valence-electron chi connectivity index (χ2n) is 10.4. The quantitative estimate of drug-likeness (QED) is 0.434. The molecule has 2 aromatic carbocycles. The van der Waals surface area contributed by atoms with E-state index < -0.39 is 35.1 Å². The highest BCUT2D eigenvalue weighted by Gasteiger charge is 2.72. The van der Waals surface area contributed by atoms with E-state index in [9.17, 15) is 24.9 Å². The van der Waals surface area contributed by atoms with Crippen molar-refractivity contribution in [3.8, 4) is 11.5 Å². The molecule has 6 rings (SSSR count). The Morgan fingerprint density at radius 1 is 1.24 bits per heavy atom. The van der Waals surface area contributed by atoms with Crippen molar-refractivity contribution in [2.24, 2.45) is 0 Å². The third-order valence-corrected chi connectivity index (χ3v) is 8.58. The topological polar surface area (TPSA) is 129 Å². The maximum absolute atomic E-state index is 12.8. The molecule has 1 spiro atoms. The standard InChI is InChI=1S/C28H30N2O7/c1-30-14-12-27-22-17-7-8-18(31)24(22)37-25(27)19(9-11-28(27,35)20(30)15-17)36-21(32)10-13-29-26(34)23(33)16-5-3-2-4-6-16/h2-9,20,23,25,31,33,35H,10-15H2,1H3,(H,29,34)/t20-,23+,25+,27+,28-/m1/s1. The summed E-state index contributed by atoms with van der Waals surface area (Å²) >= 11 is 0. The number of nitrogens with one attached hydrogen (secondary N) is 1. The van der Waals surface area contributed by atoms with Crippen LogP contribution in [0.5, 0.6) is 11.5 Å². The van der Waals surface area contributed by atoms with E-state index in [4.69, 9.17) is 9.47 Å². The van der Waals surface area contributed by atoms with E-state index in [1.165, 1.54) is 0 Å². The van der Waals surface area contributed by atoms with Gasteiger partial charge in [0.2, 0.25) is 0 Å². The van der Waals surface area contributed by atoms with Crippen LogP contribution in [0.1, 0.15) is 42.1 Å². The molecule has 9 nitrogen and oxygen atoms in total. The molecule has 2 heterocycles. The van der Waals surface area contributed by atoms with Gasteiger partial charge in [-0.2, -0.15) is 0 Å². The van der Waals surface area contributed by atoms with Crippen LogP contribution in [0.25, 0.3) is 0 Å². The van der Waals surface area contributed by atoms with E-state index in [0.29, 0.717) is 36.3 Å². The number of rotatable bonds is 6. The van der Waals surface area contributed by atoms with Crippen LogP contribution in [0.3, 0.4) is 0 Å². The number of aliphatic hydroxyl groups excluding tert-OH is 1. The summed E-state index contributed by atoms with van der Waals surface area (Å²) in [5, 5.41) is 35.5. The molecule has 4 N–H and O–H groups in total. The highest BCUT2D eigenvalue weighted by Crippen LogP contribution is 2.65. The van der Waals surface area contributed by atoms with Gasteiger partial charge in [-0.15, -0.1) is 0 Å². The molecular formula is C28H30N2O7. The van der Waals surface area contributed by atoms with Crippen molar-refractivity contribution < 1.29 is 34.4 Å². The average Bonchev–Trinajstić information content (AvgIpc) is 3.25. The molecule has 0 unspecified atom stereocenters. The van der Waals surface area contributed by atoms with Crippen molar-refractivity contribution in [3.63, 3.8) is 0 Å². The minimum absolute atomic E-state index is 0.00647. The number of ether oxygens (including phenoxy) is 2. The van der Waals surface area contributed by atoms with Crippen LogP contribution >= 0.6 is 0 Å². The maximum atomic E-state index is 12.8. The van der Waals surface area contributed by atoms with E-state index in [1.807, 2.05) is 13.1 Å². The smallest absolute Gasteiger partial charge is 0.312 e. The van der Waals surface area contributed by atoms with Crippen LogP contribution in [-0.4, -0.2) is 70.0 Å². The van der Waals surface area contributed by atoms with Crippen LogP contribution in [0.4, 0.5) is 0 Å². The van der Waals surface area contributed by atoms with E-state index in [1.54, 1.807) is 42.5 Å². The molecule has 2 aliphatic carbocycles. The Morgan fingerprint density at radius 3 is 2.81 bits per heavy atom. The molecule has 2 aromatic rings. The molecule has 4 aliphatic rings. The second kappa shape index (κ2) is 8.58. The Balaban J connectivity index is 1.19. The molecule has 194 valence electrons. The van der Waals surface area contributed by atoms with Gasteiger partial charge in [-0.1, -0.05) is 36.4 Å². The zero-order valence-corrected chi connectivity index (χ0v) is 20.5. The lowest BCUT2D eigenvalue weighted by Crippen LogP contribution is -2.74. The molecule has 2 bridgehead atoms. The van der Waals surface area contributed by atoms with Gasteiger partial charge in [-0.05, 0) is 49.7 Å². The SMILES string of the molecule is CN1CC[C@]23c4c5ccc(O)c4O[C@H]2C(OC(=O)CCNC(=O)[C@@H](O)c2ccccc2)=CC[C@@]3(O)[C@H]1C5. The third-order valence-electron chi connectivity index (χ3n) is 8.58. The number of hydrogen-bond acceptors (Lipinski definition) is 8. The minimum atomic E-state index is -1.33. The third kappa shape index (κ3) is 3.41. The lowest BCUT2D eigenvalue weighted by atomic mass is 9.50. The number of likely N-dealkylation sites (N-methyl/N-ethyl adjacent to an activating group) is 1. The van der Waals surface area contributed by atoms with Crippen LogP contribution in [0.15, 0.2) is 54.3 Å². The van der Waals surface area contributed by atoms with Crippen molar-refractivity contribution in [3.05, 3.63) is 71.0 Å². The van der Waals surface area contributed by atoms with Crippen molar-refractivity contribution in [2.45, 2.75) is 54.9 Å². The van der Waals surface area contributed by atoms with Crippen molar-refractivity contribution in [1.29, 1.82) is 0 Å². The van der Waals surface area contributed by atoms with Crippen LogP contribution in [-0.2, 0) is 26.2 Å². The van der Waals surface area contributed by atoms with E-state index in [0.717, 1.165) is 17.7 Å². The first kappa shape index (κ1) is 24.0. The van der Waals surface area contributed by atoms with Crippen LogP contribution in [0, 0.1) is 0 Å². The van der Waals surface area contributed by atoms with Gasteiger partial charge < -0.3 is 35.0 Å². The highest BCUT2D eigenvalue weighted by molar-refractivity contribution is 5.82. The number of carbonyl (C=O) groups excluding carboxylic acids is 2. The largest absolute Gasteiger partial charge is 0.504 e. The lowest BCUT2D eigenvalue weighted by molar-refractivity contribution is -0.169. The van der Waals surface area contributed by atoms with Gasteiger partial charge in [0.1, 0.15) is 5.76 Å². The first-order valence-corrected chi connectivity index (χ1v) is 12.6. The Labute approximate surface area is 214 Å². The fraction of sp³-hybridized carbons (Fsp3) is 0.429. The van der Waals surface area contributed by atoms with Gasteiger partial charge in [0.05, 0.1) is 17.4 Å². The number of likely N-dealkylation sites (tertiary alicyclic amines) is 1. The molecule has 0 aromatic heterocycles. The Morgan fingerprint density at radius 2 is 2.03 bits per heavy atom. The first-order chi connectivity index (χ1) is 17.8. The molecule has 0 radical (unpaired) electrons. The Hall–Kier alpha value is -3.40. The number of phenolic OH excluding ortho intramolecular Hbond substituents is 1. The number of benzene rings is 2. The Bertz CT molecular complexity index is 1290. The van der Waals surface area contributed by atoms with E-state index >= 15 is 0 Å². The summed E-state index contributed by atoms with van der Waals surface area (Å²) in [7, 11) is 2.01. The number of esters is 1. The minimum Gasteiger partial charge on any atom is -0.504 e. The fourth-order valence-electron chi connectivity index (χ4n) is 6.79. The zero-order valence-electron chi connectivity index (χ0n) is 20.5. The molecule has 9 heteroatoms. The molecule has 5 atom stereocenters. The summed E-state index contributed by atoms with van der Waals surface area (Å²) < 4.78 is 12.0. The molecule has 1 saturated heterocycles. The molecule has 37 heavy (non-hydrogen) atoms. The molecule has 1 fully saturated rings. The van der Waals surface area contributed by atoms with Gasteiger partial charge in [0.25, 0.3) is 5.91 Å². The number of piperidine rings is 1. The summed E-state index contributed by atoms with van der Waals surface area (Å²) in [5.41, 5.74) is 0.362.